The quantitative estimate of drug-likeness (QED) is 0.721. The molecule has 0 saturated heterocycles. The number of anilines is 1. The highest BCUT2D eigenvalue weighted by Gasteiger charge is 2.09. The Balaban J connectivity index is 2.44. The summed E-state index contributed by atoms with van der Waals surface area (Å²) in [4.78, 5) is 22.2. The van der Waals surface area contributed by atoms with Crippen LogP contribution in [0.15, 0.2) is 18.2 Å². The first kappa shape index (κ1) is 17.1. The Morgan fingerprint density at radius 3 is 2.76 bits per heavy atom. The molecule has 1 atom stereocenters. The first-order chi connectivity index (χ1) is 9.92. The summed E-state index contributed by atoms with van der Waals surface area (Å²) in [6.45, 7) is 1.82. The summed E-state index contributed by atoms with van der Waals surface area (Å²) in [6.07, 6.45) is 1.22. The predicted octanol–water partition coefficient (Wildman–Crippen LogP) is 3.11. The van der Waals surface area contributed by atoms with Crippen molar-refractivity contribution in [2.24, 2.45) is 0 Å². The van der Waals surface area contributed by atoms with Crippen LogP contribution in [0.25, 0.3) is 0 Å². The first-order valence-corrected chi connectivity index (χ1v) is 6.93. The molecule has 6 nitrogen and oxygen atoms in total. The van der Waals surface area contributed by atoms with E-state index in [1.807, 2.05) is 6.92 Å². The number of carboxylic acids is 1. The van der Waals surface area contributed by atoms with Gasteiger partial charge < -0.3 is 20.5 Å². The average Bonchev–Trinajstić information content (AvgIpc) is 2.40. The fourth-order valence-corrected chi connectivity index (χ4v) is 1.95. The van der Waals surface area contributed by atoms with E-state index in [-0.39, 0.29) is 18.5 Å². The molecule has 1 aromatic rings. The third-order valence-electron chi connectivity index (χ3n) is 2.81. The number of carbonyl (C=O) groups is 2. The smallest absolute Gasteiger partial charge is 0.319 e. The van der Waals surface area contributed by atoms with Crippen LogP contribution in [0.1, 0.15) is 26.2 Å². The van der Waals surface area contributed by atoms with Crippen LogP contribution < -0.4 is 15.4 Å². The lowest BCUT2D eigenvalue weighted by Gasteiger charge is -2.14. The highest BCUT2D eigenvalue weighted by Crippen LogP contribution is 2.27. The van der Waals surface area contributed by atoms with E-state index in [1.54, 1.807) is 18.2 Å². The number of hydrogen-bond acceptors (Lipinski definition) is 3. The Kier molecular flexibility index (Phi) is 6.81. The van der Waals surface area contributed by atoms with Crippen molar-refractivity contribution < 1.29 is 19.4 Å². The van der Waals surface area contributed by atoms with Gasteiger partial charge in [-0.05, 0) is 31.9 Å². The molecule has 2 amide bonds. The zero-order chi connectivity index (χ0) is 15.8. The van der Waals surface area contributed by atoms with Crippen LogP contribution in [-0.4, -0.2) is 30.3 Å². The van der Waals surface area contributed by atoms with E-state index < -0.39 is 5.97 Å². The van der Waals surface area contributed by atoms with Crippen molar-refractivity contribution in [3.05, 3.63) is 23.2 Å². The predicted molar refractivity (Wildman–Crippen MR) is 81.1 cm³/mol. The lowest BCUT2D eigenvalue weighted by atomic mass is 10.1. The summed E-state index contributed by atoms with van der Waals surface area (Å²) >= 11 is 5.90. The maximum atomic E-state index is 11.8. The molecule has 0 radical (unpaired) electrons. The van der Waals surface area contributed by atoms with Gasteiger partial charge in [-0.15, -0.1) is 0 Å². The Hall–Kier alpha value is -1.95. The molecule has 0 saturated carbocycles. The van der Waals surface area contributed by atoms with Gasteiger partial charge in [0.25, 0.3) is 0 Å². The number of aliphatic carboxylic acids is 1. The van der Waals surface area contributed by atoms with Crippen molar-refractivity contribution in [3.63, 3.8) is 0 Å². The van der Waals surface area contributed by atoms with Crippen molar-refractivity contribution in [2.45, 2.75) is 32.2 Å². The van der Waals surface area contributed by atoms with Crippen LogP contribution in [0.5, 0.6) is 5.75 Å². The summed E-state index contributed by atoms with van der Waals surface area (Å²) < 4.78 is 5.06. The molecule has 1 aromatic carbocycles. The molecule has 21 heavy (non-hydrogen) atoms. The van der Waals surface area contributed by atoms with Crippen LogP contribution in [-0.2, 0) is 4.79 Å². The second-order valence-corrected chi connectivity index (χ2v) is 5.04. The van der Waals surface area contributed by atoms with Crippen LogP contribution in [0.2, 0.25) is 5.02 Å². The van der Waals surface area contributed by atoms with Crippen molar-refractivity contribution in [3.8, 4) is 5.75 Å². The number of benzene rings is 1. The van der Waals surface area contributed by atoms with Gasteiger partial charge in [-0.25, -0.2) is 4.79 Å². The topological polar surface area (TPSA) is 87.7 Å². The Morgan fingerprint density at radius 1 is 1.43 bits per heavy atom. The lowest BCUT2D eigenvalue weighted by molar-refractivity contribution is -0.137. The molecule has 0 aliphatic rings. The molecule has 116 valence electrons. The number of urea groups is 1. The second kappa shape index (κ2) is 8.36. The van der Waals surface area contributed by atoms with Crippen LogP contribution in [0.4, 0.5) is 10.5 Å². The number of carboxylic acid groups (broad SMARTS) is 1. The van der Waals surface area contributed by atoms with E-state index in [0.29, 0.717) is 29.3 Å². The first-order valence-electron chi connectivity index (χ1n) is 6.55. The van der Waals surface area contributed by atoms with Gasteiger partial charge in [0.05, 0.1) is 12.1 Å². The monoisotopic (exact) mass is 314 g/mol. The maximum absolute atomic E-state index is 11.8. The molecule has 0 aromatic heterocycles. The third-order valence-corrected chi connectivity index (χ3v) is 3.13. The minimum atomic E-state index is -0.833. The molecule has 0 fully saturated rings. The molecule has 7 heteroatoms. The summed E-state index contributed by atoms with van der Waals surface area (Å²) in [6, 6.07) is 4.45. The summed E-state index contributed by atoms with van der Waals surface area (Å²) in [7, 11) is 1.50. The van der Waals surface area contributed by atoms with E-state index in [1.165, 1.54) is 7.11 Å². The number of hydrogen-bond donors (Lipinski definition) is 3. The van der Waals surface area contributed by atoms with Gasteiger partial charge in [-0.2, -0.15) is 0 Å². The zero-order valence-corrected chi connectivity index (χ0v) is 12.7. The van der Waals surface area contributed by atoms with Crippen molar-refractivity contribution >= 4 is 29.3 Å². The summed E-state index contributed by atoms with van der Waals surface area (Å²) in [5.41, 5.74) is 0.562. The van der Waals surface area contributed by atoms with E-state index >= 15 is 0 Å². The van der Waals surface area contributed by atoms with Crippen molar-refractivity contribution in [1.29, 1.82) is 0 Å². The number of rotatable bonds is 7. The number of methoxy groups -OCH3 is 1. The molecule has 0 bridgehead atoms. The molecule has 1 unspecified atom stereocenters. The number of ether oxygens (including phenoxy) is 1. The van der Waals surface area contributed by atoms with Gasteiger partial charge in [0.2, 0.25) is 0 Å². The normalized spacial score (nSPS) is 11.6. The van der Waals surface area contributed by atoms with Crippen LogP contribution >= 0.6 is 11.6 Å². The molecular weight excluding hydrogens is 296 g/mol. The summed E-state index contributed by atoms with van der Waals surface area (Å²) in [5, 5.41) is 14.4. The Labute approximate surface area is 128 Å². The standard InChI is InChI=1S/C14H19ClN2O4/c1-9(4-3-5-13(18)19)16-14(20)17-10-6-7-11(15)12(8-10)21-2/h6-9H,3-5H2,1-2H3,(H,18,19)(H2,16,17,20). The van der Waals surface area contributed by atoms with E-state index in [0.717, 1.165) is 0 Å². The van der Waals surface area contributed by atoms with Crippen molar-refractivity contribution in [1.82, 2.24) is 5.32 Å². The lowest BCUT2D eigenvalue weighted by Crippen LogP contribution is -2.36. The molecule has 0 heterocycles. The van der Waals surface area contributed by atoms with Crippen molar-refractivity contribution in [2.75, 3.05) is 12.4 Å². The number of nitrogens with one attached hydrogen (secondary N) is 2. The fraction of sp³-hybridized carbons (Fsp3) is 0.429. The highest BCUT2D eigenvalue weighted by atomic mass is 35.5. The van der Waals surface area contributed by atoms with Gasteiger partial charge >= 0.3 is 12.0 Å². The second-order valence-electron chi connectivity index (χ2n) is 4.63. The number of amides is 2. The van der Waals surface area contributed by atoms with E-state index in [4.69, 9.17) is 21.4 Å². The average molecular weight is 315 g/mol. The third kappa shape index (κ3) is 6.35. The minimum Gasteiger partial charge on any atom is -0.495 e. The van der Waals surface area contributed by atoms with Gasteiger partial charge in [-0.1, -0.05) is 11.6 Å². The van der Waals surface area contributed by atoms with Crippen LogP contribution in [0, 0.1) is 0 Å². The van der Waals surface area contributed by atoms with Gasteiger partial charge in [0, 0.05) is 24.2 Å². The SMILES string of the molecule is COc1cc(NC(=O)NC(C)CCCC(=O)O)ccc1Cl. The van der Waals surface area contributed by atoms with Gasteiger partial charge in [0.1, 0.15) is 5.75 Å². The Morgan fingerprint density at radius 2 is 2.14 bits per heavy atom. The zero-order valence-electron chi connectivity index (χ0n) is 12.0. The van der Waals surface area contributed by atoms with Gasteiger partial charge in [-0.3, -0.25) is 4.79 Å². The Bertz CT molecular complexity index is 508. The number of halogens is 1. The molecule has 1 rings (SSSR count). The maximum Gasteiger partial charge on any atom is 0.319 e. The molecule has 0 aliphatic heterocycles. The van der Waals surface area contributed by atoms with E-state index in [2.05, 4.69) is 10.6 Å². The minimum absolute atomic E-state index is 0.0992. The molecular formula is C14H19ClN2O4. The number of carbonyl (C=O) groups excluding carboxylic acids is 1. The fourth-order valence-electron chi connectivity index (χ4n) is 1.76. The van der Waals surface area contributed by atoms with E-state index in [9.17, 15) is 9.59 Å². The van der Waals surface area contributed by atoms with Gasteiger partial charge in [0.15, 0.2) is 0 Å². The highest BCUT2D eigenvalue weighted by molar-refractivity contribution is 6.32. The molecule has 3 N–H and O–H groups in total. The molecule has 0 aliphatic carbocycles. The summed E-state index contributed by atoms with van der Waals surface area (Å²) in [5.74, 6) is -0.358. The van der Waals surface area contributed by atoms with Crippen LogP contribution in [0.3, 0.4) is 0 Å². The molecule has 0 spiro atoms. The largest absolute Gasteiger partial charge is 0.495 e.